The van der Waals surface area contributed by atoms with Crippen molar-refractivity contribution in [2.24, 2.45) is 23.2 Å². The normalized spacial score (nSPS) is 26.1. The van der Waals surface area contributed by atoms with E-state index in [0.29, 0.717) is 30.6 Å². The third kappa shape index (κ3) is 8.73. The summed E-state index contributed by atoms with van der Waals surface area (Å²) in [6.45, 7) is 1.78. The first kappa shape index (κ1) is 35.5. The van der Waals surface area contributed by atoms with E-state index in [-0.39, 0.29) is 42.4 Å². The van der Waals surface area contributed by atoms with Gasteiger partial charge in [0.2, 0.25) is 24.1 Å². The fourth-order valence-electron chi connectivity index (χ4n) is 6.59. The number of carbonyl (C=O) groups excluding carboxylic acids is 4. The third-order valence-electron chi connectivity index (χ3n) is 9.53. The first-order valence-corrected chi connectivity index (χ1v) is 16.4. The highest BCUT2D eigenvalue weighted by molar-refractivity contribution is 5.93. The van der Waals surface area contributed by atoms with Gasteiger partial charge < -0.3 is 47.7 Å². The standard InChI is InChI=1S/C32H51N11O4/c1-20(37-2)30(45)40-25-11-7-6-10-23-12-13-28(43(23)32(25)47)31(46)38-16-22(33)17-41(35)26-14-15-27(26)42(36)18-24(34)29(39-19-44)21-8-4-3-5-9-21/h3-5,8-9,17-20,23,25-29,37H,6-7,10-16,33-36H2,1-2H3,(H,38,46)(H,39,44)(H,40,45)/b22-17-,24-18-/t20-,23?,25?,26?,27?,28?,29?/m0/s1. The van der Waals surface area contributed by atoms with Gasteiger partial charge in [0.05, 0.1) is 36.4 Å². The number of hydrazine groups is 2. The molecular weight excluding hydrogens is 602 g/mol. The van der Waals surface area contributed by atoms with Crippen LogP contribution >= 0.6 is 0 Å². The van der Waals surface area contributed by atoms with Gasteiger partial charge in [-0.2, -0.15) is 0 Å². The molecule has 1 aromatic rings. The van der Waals surface area contributed by atoms with Gasteiger partial charge in [-0.15, -0.1) is 0 Å². The highest BCUT2D eigenvalue weighted by Gasteiger charge is 2.44. The van der Waals surface area contributed by atoms with Crippen LogP contribution in [0.15, 0.2) is 54.1 Å². The minimum absolute atomic E-state index is 0.0397. The summed E-state index contributed by atoms with van der Waals surface area (Å²) in [5.74, 6) is 12.0. The minimum Gasteiger partial charge on any atom is -0.399 e. The van der Waals surface area contributed by atoms with E-state index in [1.165, 1.54) is 10.0 Å². The van der Waals surface area contributed by atoms with Crippen molar-refractivity contribution in [2.75, 3.05) is 13.6 Å². The van der Waals surface area contributed by atoms with Crippen LogP contribution in [0, 0.1) is 0 Å². The minimum atomic E-state index is -0.668. The van der Waals surface area contributed by atoms with Crippen LogP contribution in [0.1, 0.15) is 69.9 Å². The molecule has 7 atom stereocenters. The van der Waals surface area contributed by atoms with Crippen LogP contribution in [-0.2, 0) is 19.2 Å². The molecule has 1 aliphatic carbocycles. The molecule has 2 saturated heterocycles. The molecule has 4 rings (SSSR count). The number of nitrogens with two attached hydrogens (primary N) is 4. The Morgan fingerprint density at radius 3 is 2.28 bits per heavy atom. The lowest BCUT2D eigenvalue weighted by Gasteiger charge is -2.45. The van der Waals surface area contributed by atoms with Crippen molar-refractivity contribution in [3.8, 4) is 0 Å². The summed E-state index contributed by atoms with van der Waals surface area (Å²) in [7, 11) is 1.69. The average molecular weight is 654 g/mol. The second-order valence-corrected chi connectivity index (χ2v) is 12.6. The first-order chi connectivity index (χ1) is 22.5. The number of nitrogens with one attached hydrogen (secondary N) is 4. The Bertz CT molecular complexity index is 1310. The second-order valence-electron chi connectivity index (χ2n) is 12.6. The first-order valence-electron chi connectivity index (χ1n) is 16.4. The van der Waals surface area contributed by atoms with Gasteiger partial charge in [-0.25, -0.2) is 11.7 Å². The lowest BCUT2D eigenvalue weighted by molar-refractivity contribution is -0.144. The lowest BCUT2D eigenvalue weighted by Crippen LogP contribution is -2.59. The molecule has 3 aliphatic rings. The summed E-state index contributed by atoms with van der Waals surface area (Å²) in [5, 5.41) is 14.4. The summed E-state index contributed by atoms with van der Waals surface area (Å²) in [6.07, 6.45) is 9.70. The van der Waals surface area contributed by atoms with E-state index in [2.05, 4.69) is 21.3 Å². The van der Waals surface area contributed by atoms with Gasteiger partial charge in [-0.1, -0.05) is 43.2 Å². The molecule has 3 fully saturated rings. The molecule has 0 radical (unpaired) electrons. The number of amides is 4. The lowest BCUT2D eigenvalue weighted by atomic mass is 9.85. The number of fused-ring (bicyclic) bond motifs is 1. The molecule has 1 saturated carbocycles. The van der Waals surface area contributed by atoms with Gasteiger partial charge >= 0.3 is 0 Å². The zero-order valence-corrected chi connectivity index (χ0v) is 27.3. The van der Waals surface area contributed by atoms with Crippen molar-refractivity contribution in [3.63, 3.8) is 0 Å². The van der Waals surface area contributed by atoms with Crippen molar-refractivity contribution in [1.29, 1.82) is 0 Å². The van der Waals surface area contributed by atoms with Gasteiger partial charge in [-0.05, 0) is 58.1 Å². The largest absolute Gasteiger partial charge is 0.399 e. The van der Waals surface area contributed by atoms with Crippen molar-refractivity contribution in [2.45, 2.75) is 101 Å². The van der Waals surface area contributed by atoms with Crippen molar-refractivity contribution < 1.29 is 19.2 Å². The summed E-state index contributed by atoms with van der Waals surface area (Å²) >= 11 is 0. The highest BCUT2D eigenvalue weighted by Crippen LogP contribution is 2.32. The average Bonchev–Trinajstić information content (AvgIpc) is 3.45. The van der Waals surface area contributed by atoms with Crippen LogP contribution in [0.5, 0.6) is 0 Å². The Morgan fingerprint density at radius 1 is 0.979 bits per heavy atom. The van der Waals surface area contributed by atoms with E-state index in [4.69, 9.17) is 23.2 Å². The molecule has 258 valence electrons. The number of carbonyl (C=O) groups is 4. The maximum absolute atomic E-state index is 13.6. The zero-order chi connectivity index (χ0) is 34.1. The number of nitrogens with zero attached hydrogens (tertiary/aromatic N) is 3. The highest BCUT2D eigenvalue weighted by atomic mass is 16.2. The Kier molecular flexibility index (Phi) is 12.4. The number of rotatable bonds is 14. The SMILES string of the molecule is CN[C@@H](C)C(=O)NC1CCCCC2CCC(C(=O)NC/C(N)=C/N(N)C3CCC3N(N)/C=C(\N)C(NC=O)c3ccccc3)N2C1=O. The third-order valence-corrected chi connectivity index (χ3v) is 9.53. The van der Waals surface area contributed by atoms with E-state index >= 15 is 0 Å². The Labute approximate surface area is 276 Å². The molecule has 15 heteroatoms. The van der Waals surface area contributed by atoms with Crippen LogP contribution in [0.2, 0.25) is 0 Å². The predicted octanol–water partition coefficient (Wildman–Crippen LogP) is -0.901. The van der Waals surface area contributed by atoms with Crippen molar-refractivity contribution in [3.05, 3.63) is 59.7 Å². The molecule has 6 unspecified atom stereocenters. The molecule has 4 amide bonds. The van der Waals surface area contributed by atoms with Crippen molar-refractivity contribution in [1.82, 2.24) is 36.2 Å². The zero-order valence-electron chi connectivity index (χ0n) is 27.3. The van der Waals surface area contributed by atoms with Crippen LogP contribution in [0.25, 0.3) is 0 Å². The summed E-state index contributed by atoms with van der Waals surface area (Å²) in [6, 6.07) is 6.68. The number of hydrogen-bond donors (Lipinski definition) is 8. The van der Waals surface area contributed by atoms with Gasteiger partial charge in [0, 0.05) is 24.1 Å². The van der Waals surface area contributed by atoms with E-state index in [0.717, 1.165) is 44.1 Å². The van der Waals surface area contributed by atoms with Gasteiger partial charge in [0.25, 0.3) is 0 Å². The van der Waals surface area contributed by atoms with Gasteiger partial charge in [0.1, 0.15) is 12.1 Å². The monoisotopic (exact) mass is 653 g/mol. The van der Waals surface area contributed by atoms with Crippen LogP contribution < -0.4 is 44.4 Å². The second kappa shape index (κ2) is 16.5. The molecule has 0 bridgehead atoms. The van der Waals surface area contributed by atoms with Crippen molar-refractivity contribution >= 4 is 24.1 Å². The van der Waals surface area contributed by atoms with Gasteiger partial charge in [0.15, 0.2) is 0 Å². The van der Waals surface area contributed by atoms with E-state index < -0.39 is 24.2 Å². The molecular formula is C32H51N11O4. The molecule has 0 spiro atoms. The molecule has 47 heavy (non-hydrogen) atoms. The molecule has 2 aliphatic heterocycles. The van der Waals surface area contributed by atoms with E-state index in [1.807, 2.05) is 30.3 Å². The molecule has 12 N–H and O–H groups in total. The summed E-state index contributed by atoms with van der Waals surface area (Å²) in [5.41, 5.74) is 14.1. The fraction of sp³-hybridized carbons (Fsp3) is 0.562. The van der Waals surface area contributed by atoms with Crippen LogP contribution in [0.3, 0.4) is 0 Å². The topological polar surface area (TPSA) is 230 Å². The number of likely N-dealkylation sites (N-methyl/N-ethyl adjacent to an activating group) is 1. The Hall–Kier alpha value is -4.34. The number of hydrogen-bond acceptors (Lipinski definition) is 11. The fourth-order valence-corrected chi connectivity index (χ4v) is 6.59. The molecule has 1 aromatic carbocycles. The Morgan fingerprint density at radius 2 is 1.64 bits per heavy atom. The maximum Gasteiger partial charge on any atom is 0.246 e. The number of benzene rings is 1. The van der Waals surface area contributed by atoms with Crippen LogP contribution in [0.4, 0.5) is 0 Å². The molecule has 2 heterocycles. The van der Waals surface area contributed by atoms with Gasteiger partial charge in [-0.3, -0.25) is 19.2 Å². The predicted molar refractivity (Wildman–Crippen MR) is 177 cm³/mol. The summed E-state index contributed by atoms with van der Waals surface area (Å²) < 4.78 is 0. The summed E-state index contributed by atoms with van der Waals surface area (Å²) in [4.78, 5) is 52.5. The smallest absolute Gasteiger partial charge is 0.246 e. The maximum atomic E-state index is 13.6. The molecule has 15 nitrogen and oxygen atoms in total. The Balaban J connectivity index is 1.34. The van der Waals surface area contributed by atoms with Crippen LogP contribution in [-0.4, -0.2) is 88.9 Å². The van der Waals surface area contributed by atoms with E-state index in [9.17, 15) is 19.2 Å². The molecule has 0 aromatic heterocycles. The van der Waals surface area contributed by atoms with E-state index in [1.54, 1.807) is 31.3 Å². The quantitative estimate of drug-likeness (QED) is 0.0697.